The summed E-state index contributed by atoms with van der Waals surface area (Å²) in [5.41, 5.74) is 1.51. The van der Waals surface area contributed by atoms with E-state index in [1.807, 2.05) is 6.07 Å². The number of carbonyl (C=O) groups is 1. The Morgan fingerprint density at radius 3 is 3.00 bits per heavy atom. The van der Waals surface area contributed by atoms with Crippen LogP contribution in [0.1, 0.15) is 16.2 Å². The highest BCUT2D eigenvalue weighted by atomic mass is 16.5. The molecule has 0 amide bonds. The first-order valence-corrected chi connectivity index (χ1v) is 5.99. The number of aromatic nitrogens is 3. The van der Waals surface area contributed by atoms with E-state index in [9.17, 15) is 4.79 Å². The molecule has 0 aromatic carbocycles. The average Bonchev–Trinajstić information content (AvgIpc) is 3.16. The Bertz CT molecular complexity index is 690. The Kier molecular flexibility index (Phi) is 3.28. The minimum Gasteiger partial charge on any atom is -0.463 e. The maximum absolute atomic E-state index is 11.8. The van der Waals surface area contributed by atoms with Gasteiger partial charge < -0.3 is 9.15 Å². The van der Waals surface area contributed by atoms with Crippen molar-refractivity contribution in [2.75, 3.05) is 0 Å². The number of carbonyl (C=O) groups excluding carboxylic acids is 1. The third-order valence-corrected chi connectivity index (χ3v) is 2.65. The zero-order valence-electron chi connectivity index (χ0n) is 10.4. The lowest BCUT2D eigenvalue weighted by molar-refractivity contribution is 0.0460. The van der Waals surface area contributed by atoms with Crippen LogP contribution in [-0.4, -0.2) is 21.2 Å². The first-order chi connectivity index (χ1) is 9.83. The van der Waals surface area contributed by atoms with Gasteiger partial charge >= 0.3 is 5.97 Å². The lowest BCUT2D eigenvalue weighted by Gasteiger charge is -2.01. The summed E-state index contributed by atoms with van der Waals surface area (Å²) < 4.78 is 10.3. The first-order valence-electron chi connectivity index (χ1n) is 5.99. The summed E-state index contributed by atoms with van der Waals surface area (Å²) in [5, 5.41) is 6.62. The molecule has 0 aliphatic rings. The quantitative estimate of drug-likeness (QED) is 0.735. The number of nitrogens with one attached hydrogen (secondary N) is 1. The van der Waals surface area contributed by atoms with E-state index in [1.165, 1.54) is 0 Å². The molecule has 0 saturated heterocycles. The topological polar surface area (TPSA) is 81.0 Å². The highest BCUT2D eigenvalue weighted by Crippen LogP contribution is 2.18. The second-order valence-corrected chi connectivity index (χ2v) is 4.04. The Morgan fingerprint density at radius 2 is 2.25 bits per heavy atom. The van der Waals surface area contributed by atoms with E-state index < -0.39 is 5.97 Å². The molecule has 0 saturated carbocycles. The number of pyridine rings is 1. The van der Waals surface area contributed by atoms with E-state index in [4.69, 9.17) is 9.15 Å². The van der Waals surface area contributed by atoms with Gasteiger partial charge in [-0.05, 0) is 24.3 Å². The molecule has 3 heterocycles. The van der Waals surface area contributed by atoms with Gasteiger partial charge in [0.1, 0.15) is 18.0 Å². The number of rotatable bonds is 4. The van der Waals surface area contributed by atoms with E-state index >= 15 is 0 Å². The summed E-state index contributed by atoms with van der Waals surface area (Å²) in [6.07, 6.45) is 3.19. The summed E-state index contributed by atoms with van der Waals surface area (Å²) in [6, 6.07) is 10.5. The zero-order valence-corrected chi connectivity index (χ0v) is 10.4. The molecule has 6 nitrogen and oxygen atoms in total. The van der Waals surface area contributed by atoms with Crippen LogP contribution in [0.5, 0.6) is 0 Å². The first kappa shape index (κ1) is 12.2. The second kappa shape index (κ2) is 5.40. The van der Waals surface area contributed by atoms with E-state index in [0.29, 0.717) is 17.1 Å². The maximum atomic E-state index is 11.8. The number of esters is 1. The van der Waals surface area contributed by atoms with Crippen molar-refractivity contribution in [3.63, 3.8) is 0 Å². The Labute approximate surface area is 114 Å². The molecule has 3 rings (SSSR count). The van der Waals surface area contributed by atoms with E-state index in [1.54, 1.807) is 42.8 Å². The molecule has 0 aliphatic heterocycles. The number of aromatic amines is 1. The highest BCUT2D eigenvalue weighted by Gasteiger charge is 2.13. The molecule has 6 heteroatoms. The van der Waals surface area contributed by atoms with Crippen molar-refractivity contribution in [3.8, 4) is 11.5 Å². The van der Waals surface area contributed by atoms with Gasteiger partial charge in [-0.1, -0.05) is 6.07 Å². The van der Waals surface area contributed by atoms with Crippen LogP contribution < -0.4 is 0 Å². The second-order valence-electron chi connectivity index (χ2n) is 4.04. The fourth-order valence-electron chi connectivity index (χ4n) is 1.68. The Hall–Kier alpha value is -2.89. The molecule has 3 aromatic rings. The van der Waals surface area contributed by atoms with Crippen LogP contribution in [0.2, 0.25) is 0 Å². The van der Waals surface area contributed by atoms with Crippen LogP contribution in [0.25, 0.3) is 11.5 Å². The van der Waals surface area contributed by atoms with E-state index in [2.05, 4.69) is 15.2 Å². The smallest absolute Gasteiger partial charge is 0.356 e. The summed E-state index contributed by atoms with van der Waals surface area (Å²) in [5.74, 6) is 0.103. The fraction of sp³-hybridized carbons (Fsp3) is 0.0714. The van der Waals surface area contributed by atoms with Crippen LogP contribution in [0, 0.1) is 0 Å². The lowest BCUT2D eigenvalue weighted by Crippen LogP contribution is -2.06. The van der Waals surface area contributed by atoms with Crippen molar-refractivity contribution in [1.82, 2.24) is 15.2 Å². The van der Waals surface area contributed by atoms with Gasteiger partial charge in [-0.15, -0.1) is 0 Å². The van der Waals surface area contributed by atoms with Gasteiger partial charge in [0.2, 0.25) is 0 Å². The predicted molar refractivity (Wildman–Crippen MR) is 69.6 cm³/mol. The minimum atomic E-state index is -0.485. The molecule has 20 heavy (non-hydrogen) atoms. The largest absolute Gasteiger partial charge is 0.463 e. The molecule has 0 radical (unpaired) electrons. The van der Waals surface area contributed by atoms with Crippen molar-refractivity contribution >= 4 is 5.97 Å². The van der Waals surface area contributed by atoms with Gasteiger partial charge in [0.25, 0.3) is 0 Å². The lowest BCUT2D eigenvalue weighted by atomic mass is 10.3. The van der Waals surface area contributed by atoms with Crippen LogP contribution >= 0.6 is 0 Å². The molecule has 1 N–H and O–H groups in total. The Morgan fingerprint density at radius 1 is 1.30 bits per heavy atom. The number of furan rings is 1. The summed E-state index contributed by atoms with van der Waals surface area (Å²) in [4.78, 5) is 15.9. The van der Waals surface area contributed by atoms with Gasteiger partial charge in [-0.3, -0.25) is 10.1 Å². The third kappa shape index (κ3) is 2.59. The van der Waals surface area contributed by atoms with Crippen molar-refractivity contribution in [2.45, 2.75) is 6.61 Å². The van der Waals surface area contributed by atoms with Crippen LogP contribution in [0.4, 0.5) is 0 Å². The highest BCUT2D eigenvalue weighted by molar-refractivity contribution is 5.88. The van der Waals surface area contributed by atoms with Gasteiger partial charge in [0.15, 0.2) is 5.76 Å². The minimum absolute atomic E-state index is 0.120. The molecule has 0 spiro atoms. The molecule has 0 fully saturated rings. The van der Waals surface area contributed by atoms with Crippen molar-refractivity contribution in [1.29, 1.82) is 0 Å². The number of hydrogen-bond donors (Lipinski definition) is 1. The fourth-order valence-corrected chi connectivity index (χ4v) is 1.68. The molecule has 0 unspecified atom stereocenters. The standard InChI is InChI=1S/C14H11N3O3/c18-14(20-9-10-4-1-2-6-15-10)12-8-11(16-17-12)13-5-3-7-19-13/h1-8H,9H2,(H,16,17). The van der Waals surface area contributed by atoms with Gasteiger partial charge in [0.05, 0.1) is 12.0 Å². The number of hydrogen-bond acceptors (Lipinski definition) is 5. The number of H-pyrrole nitrogens is 1. The molecule has 0 atom stereocenters. The van der Waals surface area contributed by atoms with Crippen molar-refractivity contribution in [2.24, 2.45) is 0 Å². The molecule has 0 aliphatic carbocycles. The number of ether oxygens (including phenoxy) is 1. The predicted octanol–water partition coefficient (Wildman–Crippen LogP) is 2.42. The third-order valence-electron chi connectivity index (χ3n) is 2.65. The van der Waals surface area contributed by atoms with Crippen molar-refractivity contribution in [3.05, 3.63) is 60.2 Å². The van der Waals surface area contributed by atoms with E-state index in [0.717, 1.165) is 0 Å². The number of nitrogens with zero attached hydrogens (tertiary/aromatic N) is 2. The molecule has 100 valence electrons. The summed E-state index contributed by atoms with van der Waals surface area (Å²) in [6.45, 7) is 0.120. The van der Waals surface area contributed by atoms with Crippen molar-refractivity contribution < 1.29 is 13.9 Å². The summed E-state index contributed by atoms with van der Waals surface area (Å²) in [7, 11) is 0. The molecule has 0 bridgehead atoms. The molecular formula is C14H11N3O3. The maximum Gasteiger partial charge on any atom is 0.356 e. The van der Waals surface area contributed by atoms with Crippen LogP contribution in [0.15, 0.2) is 53.3 Å². The normalized spacial score (nSPS) is 10.4. The van der Waals surface area contributed by atoms with Gasteiger partial charge in [-0.2, -0.15) is 5.10 Å². The molecular weight excluding hydrogens is 258 g/mol. The van der Waals surface area contributed by atoms with Crippen LogP contribution in [0.3, 0.4) is 0 Å². The Balaban J connectivity index is 1.66. The SMILES string of the molecule is O=C(OCc1ccccn1)c1cc(-c2ccco2)n[nH]1. The van der Waals surface area contributed by atoms with Gasteiger partial charge in [-0.25, -0.2) is 4.79 Å². The summed E-state index contributed by atoms with van der Waals surface area (Å²) >= 11 is 0. The monoisotopic (exact) mass is 269 g/mol. The molecule has 3 aromatic heterocycles. The zero-order chi connectivity index (χ0) is 13.8. The van der Waals surface area contributed by atoms with Gasteiger partial charge in [0, 0.05) is 12.3 Å². The average molecular weight is 269 g/mol. The van der Waals surface area contributed by atoms with Crippen LogP contribution in [-0.2, 0) is 11.3 Å². The van der Waals surface area contributed by atoms with E-state index in [-0.39, 0.29) is 12.3 Å².